The number of benzene rings is 2. The van der Waals surface area contributed by atoms with Crippen LogP contribution in [0.1, 0.15) is 36.4 Å². The van der Waals surface area contributed by atoms with Gasteiger partial charge in [0.15, 0.2) is 6.54 Å². The van der Waals surface area contributed by atoms with Crippen LogP contribution in [0.2, 0.25) is 0 Å². The van der Waals surface area contributed by atoms with E-state index < -0.39 is 0 Å². The number of rotatable bonds is 7. The molecule has 0 spiro atoms. The minimum absolute atomic E-state index is 0.0591. The second-order valence-electron chi connectivity index (χ2n) is 7.61. The Labute approximate surface area is 168 Å². The van der Waals surface area contributed by atoms with Crippen LogP contribution in [-0.2, 0) is 11.3 Å². The van der Waals surface area contributed by atoms with Crippen molar-refractivity contribution in [1.82, 2.24) is 9.88 Å². The van der Waals surface area contributed by atoms with E-state index in [1.165, 1.54) is 17.0 Å². The van der Waals surface area contributed by atoms with E-state index in [9.17, 15) is 9.18 Å². The zero-order valence-electron chi connectivity index (χ0n) is 16.2. The highest BCUT2D eigenvalue weighted by molar-refractivity contribution is 7.18. The quantitative estimate of drug-likeness (QED) is 0.664. The summed E-state index contributed by atoms with van der Waals surface area (Å²) in [5, 5.41) is 0.962. The fourth-order valence-electron chi connectivity index (χ4n) is 3.48. The number of nitrogens with one attached hydrogen (secondary N) is 1. The van der Waals surface area contributed by atoms with Gasteiger partial charge in [0, 0.05) is 25.5 Å². The zero-order chi connectivity index (χ0) is 19.7. The van der Waals surface area contributed by atoms with Crippen LogP contribution in [-0.4, -0.2) is 35.4 Å². The van der Waals surface area contributed by atoms with Gasteiger partial charge < -0.3 is 9.80 Å². The van der Waals surface area contributed by atoms with Gasteiger partial charge >= 0.3 is 0 Å². The van der Waals surface area contributed by atoms with Gasteiger partial charge in [-0.2, -0.15) is 0 Å². The van der Waals surface area contributed by atoms with Crippen LogP contribution >= 0.6 is 11.3 Å². The molecule has 1 saturated carbocycles. The van der Waals surface area contributed by atoms with E-state index in [1.54, 1.807) is 11.3 Å². The number of carbonyl (C=O) groups is 1. The topological polar surface area (TPSA) is 37.6 Å². The van der Waals surface area contributed by atoms with Crippen molar-refractivity contribution < 1.29 is 14.1 Å². The molecule has 2 atom stereocenters. The van der Waals surface area contributed by atoms with Crippen molar-refractivity contribution in [2.24, 2.45) is 0 Å². The number of halogens is 1. The van der Waals surface area contributed by atoms with Crippen molar-refractivity contribution in [2.45, 2.75) is 38.4 Å². The Hall–Kier alpha value is -2.31. The predicted octanol–water partition coefficient (Wildman–Crippen LogP) is 3.20. The smallest absolute Gasteiger partial charge is 0.278 e. The monoisotopic (exact) mass is 398 g/mol. The summed E-state index contributed by atoms with van der Waals surface area (Å²) in [7, 11) is 1.86. The van der Waals surface area contributed by atoms with Crippen molar-refractivity contribution >= 4 is 27.5 Å². The summed E-state index contributed by atoms with van der Waals surface area (Å²) in [6.45, 7) is 3.24. The third-order valence-corrected chi connectivity index (χ3v) is 6.73. The molecule has 1 fully saturated rings. The van der Waals surface area contributed by atoms with Crippen molar-refractivity contribution in [1.29, 1.82) is 0 Å². The van der Waals surface area contributed by atoms with E-state index in [0.717, 1.165) is 40.2 Å². The van der Waals surface area contributed by atoms with Gasteiger partial charge in [-0.05, 0) is 31.2 Å². The first kappa shape index (κ1) is 19.0. The van der Waals surface area contributed by atoms with Crippen LogP contribution in [0.3, 0.4) is 0 Å². The van der Waals surface area contributed by atoms with Gasteiger partial charge in [-0.3, -0.25) is 4.79 Å². The molecule has 2 aromatic carbocycles. The molecule has 1 amide bonds. The number of carbonyl (C=O) groups excluding carboxylic acids is 1. The van der Waals surface area contributed by atoms with Gasteiger partial charge in [-0.1, -0.05) is 24.3 Å². The maximum atomic E-state index is 13.2. The Morgan fingerprint density at radius 2 is 1.96 bits per heavy atom. The van der Waals surface area contributed by atoms with Crippen LogP contribution in [0.4, 0.5) is 4.39 Å². The first-order valence-electron chi connectivity index (χ1n) is 9.71. The maximum Gasteiger partial charge on any atom is 0.278 e. The Morgan fingerprint density at radius 1 is 1.25 bits per heavy atom. The SMILES string of the molecule is C[C@H](c1nc2ccccc2s1)N(C)C(=O)C[NH+](Cc1ccc(F)cc1)C1CC1. The molecule has 1 aliphatic carbocycles. The molecule has 1 aromatic heterocycles. The van der Waals surface area contributed by atoms with E-state index in [1.807, 2.05) is 49.2 Å². The number of nitrogens with zero attached hydrogens (tertiary/aromatic N) is 2. The Bertz CT molecular complexity index is 934. The fraction of sp³-hybridized carbons (Fsp3) is 0.364. The van der Waals surface area contributed by atoms with Crippen molar-refractivity contribution in [3.05, 3.63) is 64.9 Å². The number of fused-ring (bicyclic) bond motifs is 1. The van der Waals surface area contributed by atoms with E-state index >= 15 is 0 Å². The van der Waals surface area contributed by atoms with E-state index in [0.29, 0.717) is 12.6 Å². The number of para-hydroxylation sites is 1. The Balaban J connectivity index is 1.43. The molecule has 4 nitrogen and oxygen atoms in total. The molecule has 1 aliphatic rings. The number of quaternary nitrogens is 1. The second kappa shape index (κ2) is 7.97. The summed E-state index contributed by atoms with van der Waals surface area (Å²) in [6, 6.07) is 15.1. The van der Waals surface area contributed by atoms with Crippen LogP contribution in [0, 0.1) is 5.82 Å². The molecule has 4 rings (SSSR count). The Morgan fingerprint density at radius 3 is 2.64 bits per heavy atom. The molecule has 1 N–H and O–H groups in total. The van der Waals surface area contributed by atoms with Gasteiger partial charge in [0.2, 0.25) is 0 Å². The van der Waals surface area contributed by atoms with Crippen molar-refractivity contribution in [3.63, 3.8) is 0 Å². The number of thiazole rings is 1. The minimum Gasteiger partial charge on any atom is -0.332 e. The molecule has 6 heteroatoms. The average Bonchev–Trinajstić information content (AvgIpc) is 3.46. The zero-order valence-corrected chi connectivity index (χ0v) is 17.0. The van der Waals surface area contributed by atoms with Gasteiger partial charge in [0.25, 0.3) is 5.91 Å². The minimum atomic E-state index is -0.225. The summed E-state index contributed by atoms with van der Waals surface area (Å²) >= 11 is 1.65. The van der Waals surface area contributed by atoms with Crippen LogP contribution in [0.25, 0.3) is 10.2 Å². The largest absolute Gasteiger partial charge is 0.332 e. The summed E-state index contributed by atoms with van der Waals surface area (Å²) in [5.41, 5.74) is 2.05. The van der Waals surface area contributed by atoms with Crippen LogP contribution in [0.5, 0.6) is 0 Å². The lowest BCUT2D eigenvalue weighted by atomic mass is 10.2. The Kier molecular flexibility index (Phi) is 5.42. The summed E-state index contributed by atoms with van der Waals surface area (Å²) in [6.07, 6.45) is 2.31. The molecule has 1 unspecified atom stereocenters. The number of hydrogen-bond acceptors (Lipinski definition) is 3. The average molecular weight is 399 g/mol. The lowest BCUT2D eigenvalue weighted by molar-refractivity contribution is -0.917. The maximum absolute atomic E-state index is 13.2. The third-order valence-electron chi connectivity index (χ3n) is 5.52. The van der Waals surface area contributed by atoms with Gasteiger partial charge in [0.1, 0.15) is 17.4 Å². The molecular formula is C22H25FN3OS+. The molecule has 3 aromatic rings. The van der Waals surface area contributed by atoms with E-state index in [-0.39, 0.29) is 17.8 Å². The highest BCUT2D eigenvalue weighted by Gasteiger charge is 2.36. The summed E-state index contributed by atoms with van der Waals surface area (Å²) in [4.78, 5) is 20.8. The lowest BCUT2D eigenvalue weighted by Gasteiger charge is -2.26. The first-order valence-corrected chi connectivity index (χ1v) is 10.5. The number of hydrogen-bond donors (Lipinski definition) is 1. The predicted molar refractivity (Wildman–Crippen MR) is 110 cm³/mol. The molecule has 0 saturated heterocycles. The van der Waals surface area contributed by atoms with Gasteiger partial charge in [-0.25, -0.2) is 9.37 Å². The molecule has 0 bridgehead atoms. The lowest BCUT2D eigenvalue weighted by Crippen LogP contribution is -3.13. The normalized spacial score (nSPS) is 16.1. The third kappa shape index (κ3) is 4.23. The van der Waals surface area contributed by atoms with E-state index in [4.69, 9.17) is 4.98 Å². The molecular weight excluding hydrogens is 373 g/mol. The summed E-state index contributed by atoms with van der Waals surface area (Å²) in [5.74, 6) is -0.104. The molecule has 146 valence electrons. The second-order valence-corrected chi connectivity index (χ2v) is 8.68. The van der Waals surface area contributed by atoms with Crippen LogP contribution in [0.15, 0.2) is 48.5 Å². The number of aromatic nitrogens is 1. The fourth-order valence-corrected chi connectivity index (χ4v) is 4.54. The molecule has 1 heterocycles. The van der Waals surface area contributed by atoms with E-state index in [2.05, 4.69) is 6.07 Å². The molecule has 0 radical (unpaired) electrons. The summed E-state index contributed by atoms with van der Waals surface area (Å²) < 4.78 is 14.3. The van der Waals surface area contributed by atoms with Crippen molar-refractivity contribution in [2.75, 3.05) is 13.6 Å². The highest BCUT2D eigenvalue weighted by atomic mass is 32.1. The first-order chi connectivity index (χ1) is 13.5. The number of amides is 1. The highest BCUT2D eigenvalue weighted by Crippen LogP contribution is 2.28. The standard InChI is InChI=1S/C22H24FN3OS/c1-15(22-24-19-5-3-4-6-20(19)28-22)25(2)21(27)14-26(18-11-12-18)13-16-7-9-17(23)10-8-16/h3-10,15,18H,11-14H2,1-2H3/p+1/t15-/m1/s1. The van der Waals surface area contributed by atoms with Crippen LogP contribution < -0.4 is 4.90 Å². The molecule has 0 aliphatic heterocycles. The van der Waals surface area contributed by atoms with Crippen molar-refractivity contribution in [3.8, 4) is 0 Å². The van der Waals surface area contributed by atoms with Gasteiger partial charge in [-0.15, -0.1) is 11.3 Å². The van der Waals surface area contributed by atoms with Gasteiger partial charge in [0.05, 0.1) is 22.3 Å². The molecule has 28 heavy (non-hydrogen) atoms. The number of likely N-dealkylation sites (N-methyl/N-ethyl adjacent to an activating group) is 1.